The van der Waals surface area contributed by atoms with Crippen molar-refractivity contribution >= 4 is 22.0 Å². The first-order chi connectivity index (χ1) is 11.0. The van der Waals surface area contributed by atoms with Gasteiger partial charge in [-0.15, -0.1) is 11.3 Å². The molecule has 1 N–H and O–H groups in total. The summed E-state index contributed by atoms with van der Waals surface area (Å²) in [5.74, 6) is 0.0948. The molecular formula is C15H13F2N3O2S. The van der Waals surface area contributed by atoms with E-state index in [0.29, 0.717) is 17.2 Å². The molecule has 0 amide bonds. The number of hydrogen-bond acceptors (Lipinski definition) is 5. The SMILES string of the molecule is Cc1csc2nc(CNc3ccc(OC(F)F)cc3)cc(=O)n12. The van der Waals surface area contributed by atoms with Crippen LogP contribution in [0, 0.1) is 6.92 Å². The van der Waals surface area contributed by atoms with Gasteiger partial charge in [-0.1, -0.05) is 0 Å². The molecule has 0 aliphatic heterocycles. The van der Waals surface area contributed by atoms with Crippen LogP contribution in [0.5, 0.6) is 5.75 Å². The lowest BCUT2D eigenvalue weighted by molar-refractivity contribution is -0.0498. The van der Waals surface area contributed by atoms with Gasteiger partial charge in [0.15, 0.2) is 4.96 Å². The molecule has 0 spiro atoms. The van der Waals surface area contributed by atoms with Crippen LogP contribution in [0.1, 0.15) is 11.4 Å². The standard InChI is InChI=1S/C15H13F2N3O2S/c1-9-8-23-15-19-11(6-13(21)20(9)15)7-18-10-2-4-12(5-3-10)22-14(16)17/h2-6,8,14,18H,7H2,1H3. The van der Waals surface area contributed by atoms with Gasteiger partial charge in [-0.05, 0) is 31.2 Å². The number of ether oxygens (including phenoxy) is 1. The van der Waals surface area contributed by atoms with Crippen LogP contribution in [-0.2, 0) is 6.54 Å². The molecule has 3 rings (SSSR count). The van der Waals surface area contributed by atoms with E-state index in [0.717, 1.165) is 11.4 Å². The molecule has 0 saturated carbocycles. The van der Waals surface area contributed by atoms with Gasteiger partial charge in [0.25, 0.3) is 5.56 Å². The second kappa shape index (κ2) is 6.33. The van der Waals surface area contributed by atoms with Crippen molar-refractivity contribution < 1.29 is 13.5 Å². The lowest BCUT2D eigenvalue weighted by Gasteiger charge is -2.08. The maximum atomic E-state index is 12.1. The molecule has 0 bridgehead atoms. The summed E-state index contributed by atoms with van der Waals surface area (Å²) in [7, 11) is 0. The maximum Gasteiger partial charge on any atom is 0.387 e. The predicted molar refractivity (Wildman–Crippen MR) is 84.5 cm³/mol. The number of anilines is 1. The Morgan fingerprint density at radius 2 is 2.09 bits per heavy atom. The van der Waals surface area contributed by atoms with Crippen molar-refractivity contribution in [3.8, 4) is 5.75 Å². The molecule has 0 fully saturated rings. The molecule has 2 heterocycles. The highest BCUT2D eigenvalue weighted by molar-refractivity contribution is 7.15. The smallest absolute Gasteiger partial charge is 0.387 e. The summed E-state index contributed by atoms with van der Waals surface area (Å²) in [6.45, 7) is -0.627. The minimum atomic E-state index is -2.84. The molecule has 120 valence electrons. The monoisotopic (exact) mass is 337 g/mol. The number of nitrogens with zero attached hydrogens (tertiary/aromatic N) is 2. The summed E-state index contributed by atoms with van der Waals surface area (Å²) < 4.78 is 30.0. The largest absolute Gasteiger partial charge is 0.435 e. The molecule has 2 aromatic heterocycles. The molecule has 0 aliphatic carbocycles. The van der Waals surface area contributed by atoms with Crippen LogP contribution in [0.4, 0.5) is 14.5 Å². The summed E-state index contributed by atoms with van der Waals surface area (Å²) in [4.78, 5) is 17.1. The first kappa shape index (κ1) is 15.4. The number of nitrogens with one attached hydrogen (secondary N) is 1. The van der Waals surface area contributed by atoms with Gasteiger partial charge in [0.2, 0.25) is 0 Å². The third-order valence-electron chi connectivity index (χ3n) is 3.18. The van der Waals surface area contributed by atoms with Crippen molar-refractivity contribution in [3.05, 3.63) is 57.5 Å². The Morgan fingerprint density at radius 3 is 2.78 bits per heavy atom. The normalized spacial score (nSPS) is 11.1. The van der Waals surface area contributed by atoms with E-state index in [9.17, 15) is 13.6 Å². The van der Waals surface area contributed by atoms with Crippen molar-refractivity contribution in [1.29, 1.82) is 0 Å². The highest BCUT2D eigenvalue weighted by Crippen LogP contribution is 2.18. The molecular weight excluding hydrogens is 324 g/mol. The van der Waals surface area contributed by atoms with E-state index in [4.69, 9.17) is 0 Å². The van der Waals surface area contributed by atoms with Crippen LogP contribution in [0.2, 0.25) is 0 Å². The van der Waals surface area contributed by atoms with Crippen molar-refractivity contribution in [1.82, 2.24) is 9.38 Å². The van der Waals surface area contributed by atoms with Crippen LogP contribution >= 0.6 is 11.3 Å². The zero-order chi connectivity index (χ0) is 16.4. The summed E-state index contributed by atoms with van der Waals surface area (Å²) in [5, 5.41) is 4.97. The second-order valence-electron chi connectivity index (χ2n) is 4.84. The van der Waals surface area contributed by atoms with Crippen molar-refractivity contribution in [2.24, 2.45) is 0 Å². The molecule has 0 unspecified atom stereocenters. The lowest BCUT2D eigenvalue weighted by atomic mass is 10.3. The number of halogens is 2. The number of thiazole rings is 1. The topological polar surface area (TPSA) is 55.6 Å². The highest BCUT2D eigenvalue weighted by Gasteiger charge is 2.07. The average molecular weight is 337 g/mol. The third kappa shape index (κ3) is 3.48. The summed E-state index contributed by atoms with van der Waals surface area (Å²) in [5.41, 5.74) is 2.07. The summed E-state index contributed by atoms with van der Waals surface area (Å²) in [6, 6.07) is 7.62. The fraction of sp³-hybridized carbons (Fsp3) is 0.200. The Bertz CT molecular complexity index is 875. The number of hydrogen-bond donors (Lipinski definition) is 1. The zero-order valence-corrected chi connectivity index (χ0v) is 12.9. The first-order valence-electron chi connectivity index (χ1n) is 6.78. The molecule has 0 aliphatic rings. The molecule has 0 atom stereocenters. The second-order valence-corrected chi connectivity index (χ2v) is 5.67. The molecule has 1 aromatic carbocycles. The molecule has 0 radical (unpaired) electrons. The molecule has 0 saturated heterocycles. The van der Waals surface area contributed by atoms with E-state index in [1.54, 1.807) is 16.5 Å². The fourth-order valence-electron chi connectivity index (χ4n) is 2.14. The molecule has 8 heteroatoms. The van der Waals surface area contributed by atoms with Gasteiger partial charge in [0, 0.05) is 22.8 Å². The minimum Gasteiger partial charge on any atom is -0.435 e. The van der Waals surface area contributed by atoms with E-state index >= 15 is 0 Å². The quantitative estimate of drug-likeness (QED) is 0.776. The third-order valence-corrected chi connectivity index (χ3v) is 4.13. The molecule has 23 heavy (non-hydrogen) atoms. The van der Waals surface area contributed by atoms with E-state index in [1.807, 2.05) is 12.3 Å². The van der Waals surface area contributed by atoms with Crippen LogP contribution in [0.25, 0.3) is 4.96 Å². The number of alkyl halides is 2. The lowest BCUT2D eigenvalue weighted by Crippen LogP contribution is -2.16. The van der Waals surface area contributed by atoms with Crippen LogP contribution in [-0.4, -0.2) is 16.0 Å². The highest BCUT2D eigenvalue weighted by atomic mass is 32.1. The van der Waals surface area contributed by atoms with Gasteiger partial charge in [-0.25, -0.2) is 4.98 Å². The number of rotatable bonds is 5. The van der Waals surface area contributed by atoms with Crippen molar-refractivity contribution in [2.75, 3.05) is 5.32 Å². The summed E-state index contributed by atoms with van der Waals surface area (Å²) in [6.07, 6.45) is 0. The number of aryl methyl sites for hydroxylation is 1. The minimum absolute atomic E-state index is 0.0948. The van der Waals surface area contributed by atoms with Crippen LogP contribution < -0.4 is 15.6 Å². The Hall–Kier alpha value is -2.48. The van der Waals surface area contributed by atoms with Gasteiger partial charge in [0.05, 0.1) is 12.2 Å². The van der Waals surface area contributed by atoms with Crippen molar-refractivity contribution in [2.45, 2.75) is 20.1 Å². The molecule has 3 aromatic rings. The fourth-order valence-corrected chi connectivity index (χ4v) is 3.03. The van der Waals surface area contributed by atoms with Crippen molar-refractivity contribution in [3.63, 3.8) is 0 Å². The van der Waals surface area contributed by atoms with E-state index in [-0.39, 0.29) is 11.3 Å². The number of fused-ring (bicyclic) bond motifs is 1. The Labute approximate surface area is 134 Å². The Kier molecular flexibility index (Phi) is 4.24. The van der Waals surface area contributed by atoms with E-state index < -0.39 is 6.61 Å². The Balaban J connectivity index is 1.72. The van der Waals surface area contributed by atoms with E-state index in [2.05, 4.69) is 15.0 Å². The van der Waals surface area contributed by atoms with Gasteiger partial charge in [-0.3, -0.25) is 9.20 Å². The van der Waals surface area contributed by atoms with Crippen LogP contribution in [0.3, 0.4) is 0 Å². The van der Waals surface area contributed by atoms with Gasteiger partial charge < -0.3 is 10.1 Å². The summed E-state index contributed by atoms with van der Waals surface area (Å²) >= 11 is 1.41. The number of aromatic nitrogens is 2. The van der Waals surface area contributed by atoms with Gasteiger partial charge in [0.1, 0.15) is 5.75 Å². The first-order valence-corrected chi connectivity index (χ1v) is 7.66. The van der Waals surface area contributed by atoms with E-state index in [1.165, 1.54) is 29.5 Å². The predicted octanol–water partition coefficient (Wildman–Crippen LogP) is 3.28. The number of benzene rings is 1. The molecule has 5 nitrogen and oxygen atoms in total. The van der Waals surface area contributed by atoms with Gasteiger partial charge in [-0.2, -0.15) is 8.78 Å². The Morgan fingerprint density at radius 1 is 1.35 bits per heavy atom. The maximum absolute atomic E-state index is 12.1. The van der Waals surface area contributed by atoms with Gasteiger partial charge >= 0.3 is 6.61 Å². The van der Waals surface area contributed by atoms with Crippen LogP contribution in [0.15, 0.2) is 40.5 Å². The average Bonchev–Trinajstić information content (AvgIpc) is 2.88. The zero-order valence-electron chi connectivity index (χ0n) is 12.1.